The number of alkyl halides is 3. The standard InChI is InChI=1S/C18H20F3N5O/c1-11-8-15(25-17(22-2)23-11)16(27)24-14-5-3-4-12-9-26(7-6-13(12)14)10-18(19,20)21/h3-5,8H,6-7,9-10H2,1-2H3,(H,24,27)(H,22,23,25). The maximum absolute atomic E-state index is 12.6. The molecule has 0 atom stereocenters. The van der Waals surface area contributed by atoms with E-state index < -0.39 is 12.7 Å². The van der Waals surface area contributed by atoms with Gasteiger partial charge in [-0.2, -0.15) is 13.2 Å². The summed E-state index contributed by atoms with van der Waals surface area (Å²) in [6.45, 7) is 1.32. The van der Waals surface area contributed by atoms with E-state index in [0.29, 0.717) is 23.8 Å². The summed E-state index contributed by atoms with van der Waals surface area (Å²) in [6.07, 6.45) is -3.79. The first-order valence-corrected chi connectivity index (χ1v) is 8.50. The summed E-state index contributed by atoms with van der Waals surface area (Å²) >= 11 is 0. The quantitative estimate of drug-likeness (QED) is 0.855. The number of aryl methyl sites for hydroxylation is 1. The highest BCUT2D eigenvalue weighted by Gasteiger charge is 2.32. The molecule has 1 aromatic heterocycles. The van der Waals surface area contributed by atoms with Gasteiger partial charge in [0, 0.05) is 31.5 Å². The Labute approximate surface area is 154 Å². The third-order valence-corrected chi connectivity index (χ3v) is 4.31. The molecule has 0 radical (unpaired) electrons. The van der Waals surface area contributed by atoms with Gasteiger partial charge in [0.25, 0.3) is 5.91 Å². The fourth-order valence-corrected chi connectivity index (χ4v) is 3.16. The monoisotopic (exact) mass is 379 g/mol. The van der Waals surface area contributed by atoms with Crippen LogP contribution in [-0.2, 0) is 13.0 Å². The Morgan fingerprint density at radius 1 is 1.30 bits per heavy atom. The molecule has 3 rings (SSSR count). The van der Waals surface area contributed by atoms with Gasteiger partial charge in [0.05, 0.1) is 6.54 Å². The van der Waals surface area contributed by atoms with Gasteiger partial charge in [0.15, 0.2) is 0 Å². The summed E-state index contributed by atoms with van der Waals surface area (Å²) < 4.78 is 37.9. The van der Waals surface area contributed by atoms with Gasteiger partial charge in [0.2, 0.25) is 5.95 Å². The summed E-state index contributed by atoms with van der Waals surface area (Å²) in [7, 11) is 1.66. The Kier molecular flexibility index (Phi) is 5.31. The van der Waals surface area contributed by atoms with Crippen molar-refractivity contribution in [3.05, 3.63) is 46.8 Å². The normalized spacial score (nSPS) is 14.6. The van der Waals surface area contributed by atoms with Crippen molar-refractivity contribution in [2.45, 2.75) is 26.1 Å². The van der Waals surface area contributed by atoms with Crippen molar-refractivity contribution in [3.63, 3.8) is 0 Å². The third kappa shape index (κ3) is 4.73. The lowest BCUT2D eigenvalue weighted by atomic mass is 9.97. The second kappa shape index (κ2) is 7.51. The SMILES string of the molecule is CNc1nc(C)cc(C(=O)Nc2cccc3c2CCN(CC(F)(F)F)C3)n1. The summed E-state index contributed by atoms with van der Waals surface area (Å²) in [5.41, 5.74) is 3.13. The van der Waals surface area contributed by atoms with Gasteiger partial charge in [-0.3, -0.25) is 9.69 Å². The molecule has 1 amide bonds. The minimum absolute atomic E-state index is 0.203. The minimum Gasteiger partial charge on any atom is -0.357 e. The van der Waals surface area contributed by atoms with Gasteiger partial charge in [-0.05, 0) is 36.6 Å². The fourth-order valence-electron chi connectivity index (χ4n) is 3.16. The smallest absolute Gasteiger partial charge is 0.357 e. The predicted molar refractivity (Wildman–Crippen MR) is 95.7 cm³/mol. The Morgan fingerprint density at radius 3 is 2.78 bits per heavy atom. The Morgan fingerprint density at radius 2 is 2.07 bits per heavy atom. The van der Waals surface area contributed by atoms with Crippen LogP contribution in [0.15, 0.2) is 24.3 Å². The minimum atomic E-state index is -4.22. The number of nitrogens with one attached hydrogen (secondary N) is 2. The van der Waals surface area contributed by atoms with Crippen molar-refractivity contribution in [2.24, 2.45) is 0 Å². The molecule has 2 heterocycles. The Balaban J connectivity index is 1.79. The van der Waals surface area contributed by atoms with E-state index in [9.17, 15) is 18.0 Å². The van der Waals surface area contributed by atoms with E-state index in [-0.39, 0.29) is 24.7 Å². The second-order valence-corrected chi connectivity index (χ2v) is 6.44. The highest BCUT2D eigenvalue weighted by atomic mass is 19.4. The van der Waals surface area contributed by atoms with Crippen LogP contribution in [0.4, 0.5) is 24.8 Å². The van der Waals surface area contributed by atoms with Gasteiger partial charge in [-0.25, -0.2) is 9.97 Å². The number of fused-ring (bicyclic) bond motifs is 1. The van der Waals surface area contributed by atoms with Crippen LogP contribution in [-0.4, -0.2) is 47.1 Å². The molecule has 1 aromatic carbocycles. The number of hydrogen-bond acceptors (Lipinski definition) is 5. The molecular weight excluding hydrogens is 359 g/mol. The van der Waals surface area contributed by atoms with Gasteiger partial charge in [-0.15, -0.1) is 0 Å². The second-order valence-electron chi connectivity index (χ2n) is 6.44. The molecule has 0 spiro atoms. The van der Waals surface area contributed by atoms with Crippen molar-refractivity contribution < 1.29 is 18.0 Å². The third-order valence-electron chi connectivity index (χ3n) is 4.31. The average molecular weight is 379 g/mol. The maximum Gasteiger partial charge on any atom is 0.401 e. The van der Waals surface area contributed by atoms with Crippen LogP contribution in [0.25, 0.3) is 0 Å². The number of amides is 1. The molecule has 144 valence electrons. The highest BCUT2D eigenvalue weighted by molar-refractivity contribution is 6.03. The van der Waals surface area contributed by atoms with Crippen LogP contribution in [0.5, 0.6) is 0 Å². The van der Waals surface area contributed by atoms with Crippen LogP contribution in [0.1, 0.15) is 27.3 Å². The van der Waals surface area contributed by atoms with Crippen molar-refractivity contribution >= 4 is 17.5 Å². The van der Waals surface area contributed by atoms with Crippen LogP contribution in [0.2, 0.25) is 0 Å². The molecule has 2 N–H and O–H groups in total. The number of carbonyl (C=O) groups excluding carboxylic acids is 1. The lowest BCUT2D eigenvalue weighted by Crippen LogP contribution is -2.38. The molecule has 9 heteroatoms. The summed E-state index contributed by atoms with van der Waals surface area (Å²) in [6, 6.07) is 6.86. The molecule has 27 heavy (non-hydrogen) atoms. The van der Waals surface area contributed by atoms with Crippen LogP contribution in [0, 0.1) is 6.92 Å². The predicted octanol–water partition coefficient (Wildman–Crippen LogP) is 3.00. The number of halogens is 3. The summed E-state index contributed by atoms with van der Waals surface area (Å²) in [4.78, 5) is 22.2. The first kappa shape index (κ1) is 19.1. The number of aromatic nitrogens is 2. The first-order chi connectivity index (χ1) is 12.7. The molecule has 0 saturated carbocycles. The molecule has 6 nitrogen and oxygen atoms in total. The molecule has 2 aromatic rings. The molecule has 1 aliphatic rings. The van der Waals surface area contributed by atoms with E-state index in [1.807, 2.05) is 0 Å². The molecule has 0 bridgehead atoms. The van der Waals surface area contributed by atoms with E-state index in [4.69, 9.17) is 0 Å². The lowest BCUT2D eigenvalue weighted by Gasteiger charge is -2.30. The van der Waals surface area contributed by atoms with E-state index in [2.05, 4.69) is 20.6 Å². The summed E-state index contributed by atoms with van der Waals surface area (Å²) in [5, 5.41) is 5.63. The molecular formula is C18H20F3N5O. The van der Waals surface area contributed by atoms with E-state index in [1.54, 1.807) is 38.2 Å². The molecule has 0 aliphatic carbocycles. The molecule has 0 unspecified atom stereocenters. The molecule has 1 aliphatic heterocycles. The molecule has 0 fully saturated rings. The topological polar surface area (TPSA) is 70.2 Å². The Bertz CT molecular complexity index is 853. The summed E-state index contributed by atoms with van der Waals surface area (Å²) in [5.74, 6) is -0.0406. The molecule has 0 saturated heterocycles. The van der Waals surface area contributed by atoms with E-state index >= 15 is 0 Å². The number of benzene rings is 1. The number of rotatable bonds is 4. The maximum atomic E-state index is 12.6. The van der Waals surface area contributed by atoms with Gasteiger partial charge < -0.3 is 10.6 Å². The lowest BCUT2D eigenvalue weighted by molar-refractivity contribution is -0.147. The van der Waals surface area contributed by atoms with Crippen molar-refractivity contribution in [2.75, 3.05) is 30.8 Å². The van der Waals surface area contributed by atoms with Crippen molar-refractivity contribution in [1.82, 2.24) is 14.9 Å². The highest BCUT2D eigenvalue weighted by Crippen LogP contribution is 2.28. The van der Waals surface area contributed by atoms with E-state index in [0.717, 1.165) is 11.1 Å². The van der Waals surface area contributed by atoms with Crippen LogP contribution in [0.3, 0.4) is 0 Å². The zero-order chi connectivity index (χ0) is 19.6. The largest absolute Gasteiger partial charge is 0.401 e. The van der Waals surface area contributed by atoms with Crippen LogP contribution < -0.4 is 10.6 Å². The fraction of sp³-hybridized carbons (Fsp3) is 0.389. The number of carbonyl (C=O) groups is 1. The van der Waals surface area contributed by atoms with Crippen molar-refractivity contribution in [1.29, 1.82) is 0 Å². The Hall–Kier alpha value is -2.68. The van der Waals surface area contributed by atoms with Gasteiger partial charge in [-0.1, -0.05) is 12.1 Å². The number of anilines is 2. The first-order valence-electron chi connectivity index (χ1n) is 8.50. The van der Waals surface area contributed by atoms with E-state index in [1.165, 1.54) is 4.90 Å². The van der Waals surface area contributed by atoms with Gasteiger partial charge >= 0.3 is 6.18 Å². The number of nitrogens with zero attached hydrogens (tertiary/aromatic N) is 3. The average Bonchev–Trinajstić information content (AvgIpc) is 2.59. The zero-order valence-electron chi connectivity index (χ0n) is 15.0. The zero-order valence-corrected chi connectivity index (χ0v) is 15.0. The van der Waals surface area contributed by atoms with Crippen LogP contribution >= 0.6 is 0 Å². The van der Waals surface area contributed by atoms with Gasteiger partial charge in [0.1, 0.15) is 5.69 Å². The van der Waals surface area contributed by atoms with Crippen molar-refractivity contribution in [3.8, 4) is 0 Å². The number of hydrogen-bond donors (Lipinski definition) is 2.